The van der Waals surface area contributed by atoms with Crippen LogP contribution in [0.3, 0.4) is 0 Å². The van der Waals surface area contributed by atoms with Crippen LogP contribution in [0, 0.1) is 0 Å². The second kappa shape index (κ2) is 6.36. The molecule has 0 bridgehead atoms. The van der Waals surface area contributed by atoms with E-state index in [1.165, 1.54) is 24.9 Å². The molecule has 17 heavy (non-hydrogen) atoms. The summed E-state index contributed by atoms with van der Waals surface area (Å²) in [5.41, 5.74) is 1.28. The van der Waals surface area contributed by atoms with Crippen molar-refractivity contribution < 1.29 is 0 Å². The first-order valence-corrected chi connectivity index (χ1v) is 7.19. The minimum Gasteiger partial charge on any atom is -0.366 e. The summed E-state index contributed by atoms with van der Waals surface area (Å²) >= 11 is 3.60. The topological polar surface area (TPSA) is 28.2 Å². The number of rotatable bonds is 4. The number of nitrogens with zero attached hydrogens (tertiary/aromatic N) is 2. The number of piperidine rings is 1. The largest absolute Gasteiger partial charge is 0.366 e. The Labute approximate surface area is 112 Å². The first kappa shape index (κ1) is 12.8. The lowest BCUT2D eigenvalue weighted by Gasteiger charge is -2.38. The van der Waals surface area contributed by atoms with Crippen LogP contribution in [0.15, 0.2) is 22.9 Å². The van der Waals surface area contributed by atoms with E-state index in [1.54, 1.807) is 0 Å². The van der Waals surface area contributed by atoms with Crippen LogP contribution in [0.1, 0.15) is 26.2 Å². The number of nitrogens with one attached hydrogen (secondary N) is 1. The number of hydrogen-bond acceptors (Lipinski definition) is 3. The fourth-order valence-electron chi connectivity index (χ4n) is 2.44. The Morgan fingerprint density at radius 2 is 2.41 bits per heavy atom. The lowest BCUT2D eigenvalue weighted by molar-refractivity contribution is 0.439. The summed E-state index contributed by atoms with van der Waals surface area (Å²) in [5.74, 6) is 0. The molecule has 0 spiro atoms. The van der Waals surface area contributed by atoms with E-state index in [2.05, 4.69) is 44.1 Å². The molecule has 4 heteroatoms. The van der Waals surface area contributed by atoms with Crippen molar-refractivity contribution in [2.24, 2.45) is 0 Å². The van der Waals surface area contributed by atoms with Crippen molar-refractivity contribution >= 4 is 21.6 Å². The van der Waals surface area contributed by atoms with Gasteiger partial charge in [-0.25, -0.2) is 0 Å². The van der Waals surface area contributed by atoms with Gasteiger partial charge in [0.1, 0.15) is 0 Å². The van der Waals surface area contributed by atoms with Crippen molar-refractivity contribution in [3.8, 4) is 0 Å². The first-order chi connectivity index (χ1) is 8.33. The van der Waals surface area contributed by atoms with Crippen LogP contribution in [-0.2, 0) is 0 Å². The summed E-state index contributed by atoms with van der Waals surface area (Å²) in [4.78, 5) is 6.65. The quantitative estimate of drug-likeness (QED) is 0.926. The maximum Gasteiger partial charge on any atom is 0.0592 e. The van der Waals surface area contributed by atoms with Crippen LogP contribution < -0.4 is 10.2 Å². The lowest BCUT2D eigenvalue weighted by atomic mass is 10.0. The normalized spacial score (nSPS) is 20.6. The van der Waals surface area contributed by atoms with E-state index in [-0.39, 0.29) is 0 Å². The third-order valence-electron chi connectivity index (χ3n) is 3.32. The van der Waals surface area contributed by atoms with Crippen molar-refractivity contribution in [2.45, 2.75) is 32.2 Å². The molecule has 1 aromatic heterocycles. The average molecular weight is 298 g/mol. The van der Waals surface area contributed by atoms with Gasteiger partial charge in [-0.05, 0) is 47.8 Å². The van der Waals surface area contributed by atoms with Gasteiger partial charge < -0.3 is 10.2 Å². The summed E-state index contributed by atoms with van der Waals surface area (Å²) in [5, 5.41) is 3.46. The Morgan fingerprint density at radius 1 is 1.53 bits per heavy atom. The highest BCUT2D eigenvalue weighted by atomic mass is 79.9. The predicted octanol–water partition coefficient (Wildman–Crippen LogP) is 2.81. The zero-order valence-corrected chi connectivity index (χ0v) is 11.9. The van der Waals surface area contributed by atoms with Gasteiger partial charge in [0, 0.05) is 31.5 Å². The number of likely N-dealkylation sites (N-methyl/N-ethyl adjacent to an activating group) is 1. The van der Waals surface area contributed by atoms with Gasteiger partial charge >= 0.3 is 0 Å². The average Bonchev–Trinajstić information content (AvgIpc) is 2.37. The lowest BCUT2D eigenvalue weighted by Crippen LogP contribution is -2.45. The van der Waals surface area contributed by atoms with Gasteiger partial charge in [-0.15, -0.1) is 0 Å². The maximum absolute atomic E-state index is 4.14. The highest BCUT2D eigenvalue weighted by Gasteiger charge is 2.23. The van der Waals surface area contributed by atoms with Crippen molar-refractivity contribution in [3.05, 3.63) is 22.9 Å². The van der Waals surface area contributed by atoms with Crippen LogP contribution in [0.2, 0.25) is 0 Å². The molecule has 1 aliphatic heterocycles. The van der Waals surface area contributed by atoms with E-state index in [0.717, 1.165) is 24.1 Å². The van der Waals surface area contributed by atoms with Gasteiger partial charge in [-0.2, -0.15) is 0 Å². The standard InChI is InChI=1S/C13H20BrN3/c1-2-15-9-11-5-3-4-8-17(11)13-6-7-16-10-12(13)14/h6-7,10-11,15H,2-5,8-9H2,1H3. The number of aromatic nitrogens is 1. The van der Waals surface area contributed by atoms with Gasteiger partial charge in [0.15, 0.2) is 0 Å². The molecule has 1 N–H and O–H groups in total. The number of pyridine rings is 1. The van der Waals surface area contributed by atoms with E-state index in [4.69, 9.17) is 0 Å². The van der Waals surface area contributed by atoms with Crippen molar-refractivity contribution in [1.82, 2.24) is 10.3 Å². The third kappa shape index (κ3) is 3.19. The van der Waals surface area contributed by atoms with Crippen LogP contribution in [0.5, 0.6) is 0 Å². The Bertz CT molecular complexity index is 356. The molecule has 0 radical (unpaired) electrons. The van der Waals surface area contributed by atoms with Gasteiger partial charge in [0.25, 0.3) is 0 Å². The van der Waals surface area contributed by atoms with E-state index in [1.807, 2.05) is 12.4 Å². The molecule has 0 saturated carbocycles. The van der Waals surface area contributed by atoms with Crippen LogP contribution in [0.4, 0.5) is 5.69 Å². The monoisotopic (exact) mass is 297 g/mol. The van der Waals surface area contributed by atoms with E-state index < -0.39 is 0 Å². The Hall–Kier alpha value is -0.610. The molecule has 1 fully saturated rings. The van der Waals surface area contributed by atoms with Crippen LogP contribution >= 0.6 is 15.9 Å². The molecule has 1 unspecified atom stereocenters. The smallest absolute Gasteiger partial charge is 0.0592 e. The number of halogens is 1. The zero-order valence-electron chi connectivity index (χ0n) is 10.3. The Morgan fingerprint density at radius 3 is 3.18 bits per heavy atom. The molecular formula is C13H20BrN3. The van der Waals surface area contributed by atoms with Crippen LogP contribution in [-0.4, -0.2) is 30.7 Å². The van der Waals surface area contributed by atoms with Crippen molar-refractivity contribution in [3.63, 3.8) is 0 Å². The van der Waals surface area contributed by atoms with Gasteiger partial charge in [-0.3, -0.25) is 4.98 Å². The molecule has 0 aromatic carbocycles. The minimum absolute atomic E-state index is 0.613. The van der Waals surface area contributed by atoms with Crippen molar-refractivity contribution in [2.75, 3.05) is 24.5 Å². The molecule has 0 aliphatic carbocycles. The number of hydrogen-bond donors (Lipinski definition) is 1. The van der Waals surface area contributed by atoms with Gasteiger partial charge in [0.05, 0.1) is 10.2 Å². The fraction of sp³-hybridized carbons (Fsp3) is 0.615. The molecule has 2 rings (SSSR count). The molecule has 1 atom stereocenters. The zero-order chi connectivity index (χ0) is 12.1. The SMILES string of the molecule is CCNCC1CCCCN1c1ccncc1Br. The summed E-state index contributed by atoms with van der Waals surface area (Å²) in [6.45, 7) is 5.43. The molecular weight excluding hydrogens is 278 g/mol. The fourth-order valence-corrected chi connectivity index (χ4v) is 2.92. The van der Waals surface area contributed by atoms with Gasteiger partial charge in [-0.1, -0.05) is 6.92 Å². The van der Waals surface area contributed by atoms with Crippen molar-refractivity contribution in [1.29, 1.82) is 0 Å². The highest BCUT2D eigenvalue weighted by molar-refractivity contribution is 9.10. The second-order valence-corrected chi connectivity index (χ2v) is 5.33. The molecule has 1 aromatic rings. The minimum atomic E-state index is 0.613. The Kier molecular flexibility index (Phi) is 4.80. The molecule has 1 saturated heterocycles. The number of anilines is 1. The maximum atomic E-state index is 4.14. The van der Waals surface area contributed by atoms with Gasteiger partial charge in [0.2, 0.25) is 0 Å². The highest BCUT2D eigenvalue weighted by Crippen LogP contribution is 2.30. The molecule has 3 nitrogen and oxygen atoms in total. The van der Waals surface area contributed by atoms with E-state index >= 15 is 0 Å². The molecule has 2 heterocycles. The molecule has 1 aliphatic rings. The summed E-state index contributed by atoms with van der Waals surface area (Å²) in [7, 11) is 0. The van der Waals surface area contributed by atoms with E-state index in [9.17, 15) is 0 Å². The molecule has 0 amide bonds. The summed E-state index contributed by atoms with van der Waals surface area (Å²) in [6, 6.07) is 2.72. The summed E-state index contributed by atoms with van der Waals surface area (Å²) in [6.07, 6.45) is 7.67. The predicted molar refractivity (Wildman–Crippen MR) is 75.5 cm³/mol. The third-order valence-corrected chi connectivity index (χ3v) is 3.93. The Balaban J connectivity index is 2.13. The van der Waals surface area contributed by atoms with Crippen LogP contribution in [0.25, 0.3) is 0 Å². The molecule has 94 valence electrons. The summed E-state index contributed by atoms with van der Waals surface area (Å²) < 4.78 is 1.10. The first-order valence-electron chi connectivity index (χ1n) is 6.39. The van der Waals surface area contributed by atoms with E-state index in [0.29, 0.717) is 6.04 Å². The second-order valence-electron chi connectivity index (χ2n) is 4.48.